The number of methoxy groups -OCH3 is 1. The van der Waals surface area contributed by atoms with Crippen molar-refractivity contribution in [2.75, 3.05) is 76.7 Å². The van der Waals surface area contributed by atoms with Crippen molar-refractivity contribution in [1.82, 2.24) is 25.5 Å². The maximum absolute atomic E-state index is 13.3. The second kappa shape index (κ2) is 20.9. The number of rotatable bonds is 19. The van der Waals surface area contributed by atoms with Crippen LogP contribution in [0.25, 0.3) is 0 Å². The van der Waals surface area contributed by atoms with Crippen molar-refractivity contribution in [3.8, 4) is 5.75 Å². The summed E-state index contributed by atoms with van der Waals surface area (Å²) in [6.07, 6.45) is 4.47. The van der Waals surface area contributed by atoms with E-state index in [1.165, 1.54) is 0 Å². The first-order valence-corrected chi connectivity index (χ1v) is 24.4. The number of hydrogen-bond acceptors (Lipinski definition) is 13. The number of fused-ring (bicyclic) bond motifs is 1. The lowest BCUT2D eigenvalue weighted by molar-refractivity contribution is -0.136. The van der Waals surface area contributed by atoms with Gasteiger partial charge in [0.2, 0.25) is 17.7 Å². The Hall–Kier alpha value is -5.67. The average molecular weight is 914 g/mol. The topological polar surface area (TPSA) is 198 Å². The summed E-state index contributed by atoms with van der Waals surface area (Å²) >= 11 is 6.54. The minimum atomic E-state index is -2.49. The van der Waals surface area contributed by atoms with Crippen LogP contribution in [-0.2, 0) is 41.3 Å². The molecule has 1 aromatic heterocycles. The van der Waals surface area contributed by atoms with Gasteiger partial charge in [-0.05, 0) is 56.4 Å². The Morgan fingerprint density at radius 1 is 0.906 bits per heavy atom. The van der Waals surface area contributed by atoms with Crippen LogP contribution in [0.15, 0.2) is 66.9 Å². The Morgan fingerprint density at radius 3 is 2.42 bits per heavy atom. The monoisotopic (exact) mass is 913 g/mol. The first-order chi connectivity index (χ1) is 30.8. The van der Waals surface area contributed by atoms with E-state index in [1.54, 1.807) is 44.8 Å². The van der Waals surface area contributed by atoms with E-state index >= 15 is 0 Å². The summed E-state index contributed by atoms with van der Waals surface area (Å²) in [7, 11) is -0.846. The molecule has 64 heavy (non-hydrogen) atoms. The molecule has 16 nitrogen and oxygen atoms in total. The molecule has 1 unspecified atom stereocenters. The van der Waals surface area contributed by atoms with Crippen molar-refractivity contribution in [3.05, 3.63) is 106 Å². The number of carbonyl (C=O) groups is 5. The molecule has 7 rings (SSSR count). The van der Waals surface area contributed by atoms with Crippen LogP contribution in [0.4, 0.5) is 11.4 Å². The molecule has 3 aliphatic rings. The third kappa shape index (κ3) is 11.2. The lowest BCUT2D eigenvalue weighted by Gasteiger charge is -2.34. The van der Waals surface area contributed by atoms with Gasteiger partial charge < -0.3 is 34.3 Å². The molecular weight excluding hydrogens is 861 g/mol. The van der Waals surface area contributed by atoms with Gasteiger partial charge in [0, 0.05) is 85.9 Å². The molecule has 0 aliphatic carbocycles. The molecule has 0 bridgehead atoms. The zero-order valence-corrected chi connectivity index (χ0v) is 37.8. The van der Waals surface area contributed by atoms with E-state index in [-0.39, 0.29) is 48.9 Å². The number of aromatic nitrogens is 2. The van der Waals surface area contributed by atoms with Crippen molar-refractivity contribution in [2.45, 2.75) is 57.0 Å². The van der Waals surface area contributed by atoms with Crippen molar-refractivity contribution in [1.29, 1.82) is 0 Å². The summed E-state index contributed by atoms with van der Waals surface area (Å²) in [5.41, 5.74) is 4.43. The quantitative estimate of drug-likeness (QED) is 0.0672. The number of nitrogens with one attached hydrogen (secondary N) is 3. The summed E-state index contributed by atoms with van der Waals surface area (Å²) < 4.78 is 30.0. The van der Waals surface area contributed by atoms with Crippen LogP contribution in [0.5, 0.6) is 5.75 Å². The highest BCUT2D eigenvalue weighted by Crippen LogP contribution is 2.37. The Morgan fingerprint density at radius 2 is 1.67 bits per heavy atom. The number of hydrogen-bond donors (Lipinski definition) is 3. The number of nitrogens with zero attached hydrogens (tertiary/aromatic N) is 4. The summed E-state index contributed by atoms with van der Waals surface area (Å²) in [5.74, 6) is -0.958. The van der Waals surface area contributed by atoms with E-state index in [2.05, 4.69) is 31.9 Å². The standard InChI is InChI=1S/C46H53ClN7O9P/c1-61-38-27-32(12-11-29(38)26-40-49-28-34(47)36(51-40)25-30-7-4-5-10-39(30)64(2,3)60)53-19-15-31(16-20-53)50-42(56)17-21-62-23-24-63-22-18-48-35-9-6-8-33-43(35)46(59)54(45(33)58)37-13-14-41(55)52-44(37)57/h4-12,27-28,31,37,48H,13-26H2,1-3H3,(H,50,56)(H,52,55,57). The van der Waals surface area contributed by atoms with Crippen molar-refractivity contribution < 1.29 is 42.7 Å². The van der Waals surface area contributed by atoms with Gasteiger partial charge in [-0.3, -0.25) is 34.2 Å². The van der Waals surface area contributed by atoms with Crippen LogP contribution >= 0.6 is 18.7 Å². The molecule has 3 aromatic carbocycles. The summed E-state index contributed by atoms with van der Waals surface area (Å²) in [6, 6.07) is 17.7. The Labute approximate surface area is 377 Å². The van der Waals surface area contributed by atoms with E-state index in [4.69, 9.17) is 30.8 Å². The minimum Gasteiger partial charge on any atom is -0.496 e. The van der Waals surface area contributed by atoms with E-state index in [0.29, 0.717) is 61.4 Å². The fourth-order valence-electron chi connectivity index (χ4n) is 8.25. The van der Waals surface area contributed by atoms with E-state index in [9.17, 15) is 28.5 Å². The number of benzene rings is 3. The molecule has 18 heteroatoms. The Bertz CT molecular complexity index is 2460. The summed E-state index contributed by atoms with van der Waals surface area (Å²) in [4.78, 5) is 75.5. The zero-order valence-electron chi connectivity index (χ0n) is 36.2. The highest BCUT2D eigenvalue weighted by molar-refractivity contribution is 7.70. The van der Waals surface area contributed by atoms with Crippen LogP contribution in [-0.4, -0.2) is 123 Å². The largest absolute Gasteiger partial charge is 0.496 e. The van der Waals surface area contributed by atoms with Gasteiger partial charge in [0.05, 0.1) is 55.4 Å². The summed E-state index contributed by atoms with van der Waals surface area (Å²) in [6.45, 7) is 6.56. The molecule has 3 aliphatic heterocycles. The SMILES string of the molecule is COc1cc(N2CCC(NC(=O)CCOCCOCCNc3cccc4c3C(=O)N(C3CCC(=O)NC3=O)C4=O)CC2)ccc1Cc1ncc(Cl)c(Cc2ccccc2P(C)(C)=O)n1. The molecule has 4 heterocycles. The van der Waals surface area contributed by atoms with E-state index < -0.39 is 36.8 Å². The molecule has 0 saturated carbocycles. The normalized spacial score (nSPS) is 16.8. The minimum absolute atomic E-state index is 0.0510. The van der Waals surface area contributed by atoms with Crippen molar-refractivity contribution in [3.63, 3.8) is 0 Å². The number of ether oxygens (including phenoxy) is 3. The van der Waals surface area contributed by atoms with Crippen LogP contribution in [0.1, 0.15) is 75.5 Å². The summed E-state index contributed by atoms with van der Waals surface area (Å²) in [5, 5.41) is 9.76. The van der Waals surface area contributed by atoms with Crippen molar-refractivity contribution >= 4 is 65.0 Å². The van der Waals surface area contributed by atoms with Crippen LogP contribution in [0.3, 0.4) is 0 Å². The third-order valence-corrected chi connectivity index (χ3v) is 13.4. The Kier molecular flexibility index (Phi) is 15.1. The number of halogens is 1. The number of imide groups is 2. The van der Waals surface area contributed by atoms with Gasteiger partial charge in [-0.25, -0.2) is 9.97 Å². The van der Waals surface area contributed by atoms with E-state index in [1.807, 2.05) is 36.4 Å². The first-order valence-electron chi connectivity index (χ1n) is 21.4. The second-order valence-electron chi connectivity index (χ2n) is 16.3. The maximum atomic E-state index is 13.3. The smallest absolute Gasteiger partial charge is 0.264 e. The van der Waals surface area contributed by atoms with Crippen LogP contribution in [0.2, 0.25) is 5.02 Å². The average Bonchev–Trinajstić information content (AvgIpc) is 3.53. The van der Waals surface area contributed by atoms with Crippen LogP contribution in [0, 0.1) is 0 Å². The highest BCUT2D eigenvalue weighted by atomic mass is 35.5. The lowest BCUT2D eigenvalue weighted by Crippen LogP contribution is -2.54. The lowest BCUT2D eigenvalue weighted by atomic mass is 10.0. The second-order valence-corrected chi connectivity index (χ2v) is 19.9. The predicted octanol–water partition coefficient (Wildman–Crippen LogP) is 4.59. The van der Waals surface area contributed by atoms with Gasteiger partial charge in [-0.2, -0.15) is 0 Å². The molecule has 2 fully saturated rings. The molecule has 5 amide bonds. The third-order valence-electron chi connectivity index (χ3n) is 11.5. The van der Waals surface area contributed by atoms with Gasteiger partial charge >= 0.3 is 0 Å². The molecule has 3 N–H and O–H groups in total. The van der Waals surface area contributed by atoms with E-state index in [0.717, 1.165) is 58.7 Å². The zero-order chi connectivity index (χ0) is 45.4. The molecule has 338 valence electrons. The molecule has 4 aromatic rings. The maximum Gasteiger partial charge on any atom is 0.264 e. The van der Waals surface area contributed by atoms with Crippen molar-refractivity contribution in [2.24, 2.45) is 0 Å². The molecule has 0 radical (unpaired) electrons. The fourth-order valence-corrected chi connectivity index (χ4v) is 9.70. The Balaban J connectivity index is 0.787. The fraction of sp³-hybridized carbons (Fsp3) is 0.413. The van der Waals surface area contributed by atoms with Gasteiger partial charge in [0.25, 0.3) is 11.8 Å². The number of anilines is 2. The number of piperidine rings is 2. The predicted molar refractivity (Wildman–Crippen MR) is 242 cm³/mol. The van der Waals surface area contributed by atoms with Gasteiger partial charge in [0.15, 0.2) is 0 Å². The molecule has 1 atom stereocenters. The van der Waals surface area contributed by atoms with Crippen LogP contribution < -0.4 is 30.9 Å². The number of amides is 5. The molecule has 2 saturated heterocycles. The highest BCUT2D eigenvalue weighted by Gasteiger charge is 2.45. The van der Waals surface area contributed by atoms with Gasteiger partial charge in [0.1, 0.15) is 24.8 Å². The number of carbonyl (C=O) groups excluding carboxylic acids is 5. The van der Waals surface area contributed by atoms with Gasteiger partial charge in [-0.15, -0.1) is 0 Å². The molecular formula is C46H53ClN7O9P. The van der Waals surface area contributed by atoms with Gasteiger partial charge in [-0.1, -0.05) is 48.0 Å². The molecule has 0 spiro atoms. The first kappa shape index (κ1) is 46.3.